The minimum Gasteiger partial charge on any atom is -0.469 e. The second-order valence-electron chi connectivity index (χ2n) is 5.60. The van der Waals surface area contributed by atoms with Crippen molar-refractivity contribution in [2.75, 3.05) is 13.7 Å². The van der Waals surface area contributed by atoms with Gasteiger partial charge in [0.25, 0.3) is 0 Å². The van der Waals surface area contributed by atoms with E-state index < -0.39 is 0 Å². The van der Waals surface area contributed by atoms with Crippen molar-refractivity contribution in [3.63, 3.8) is 0 Å². The van der Waals surface area contributed by atoms with E-state index in [1.165, 1.54) is 7.11 Å². The highest BCUT2D eigenvalue weighted by Crippen LogP contribution is 2.22. The summed E-state index contributed by atoms with van der Waals surface area (Å²) in [6, 6.07) is 0.214. The van der Waals surface area contributed by atoms with Crippen LogP contribution in [-0.2, 0) is 16.1 Å². The number of nitrogens with zero attached hydrogens (tertiary/aromatic N) is 3. The third-order valence-corrected chi connectivity index (χ3v) is 3.72. The number of carbonyl (C=O) groups excluding carboxylic acids is 1. The first kappa shape index (κ1) is 15.0. The Kier molecular flexibility index (Phi) is 5.11. The molecule has 112 valence electrons. The smallest absolute Gasteiger partial charge is 0.307 e. The van der Waals surface area contributed by atoms with Gasteiger partial charge in [0, 0.05) is 12.0 Å². The van der Waals surface area contributed by atoms with Gasteiger partial charge in [-0.25, -0.2) is 0 Å². The van der Waals surface area contributed by atoms with E-state index in [0.29, 0.717) is 18.9 Å². The largest absolute Gasteiger partial charge is 0.469 e. The first-order chi connectivity index (χ1) is 9.60. The molecule has 0 amide bonds. The van der Waals surface area contributed by atoms with Gasteiger partial charge in [0.15, 0.2) is 5.82 Å². The molecule has 6 nitrogen and oxygen atoms in total. The molecule has 0 bridgehead atoms. The maximum Gasteiger partial charge on any atom is 0.307 e. The predicted molar refractivity (Wildman–Crippen MR) is 73.1 cm³/mol. The van der Waals surface area contributed by atoms with Crippen molar-refractivity contribution in [3.8, 4) is 0 Å². The van der Waals surface area contributed by atoms with Crippen LogP contribution in [0, 0.1) is 0 Å². The van der Waals surface area contributed by atoms with E-state index >= 15 is 0 Å². The Morgan fingerprint density at radius 1 is 1.50 bits per heavy atom. The molecule has 1 aliphatic heterocycles. The molecule has 0 aliphatic carbocycles. The number of aromatic nitrogens is 2. The summed E-state index contributed by atoms with van der Waals surface area (Å²) >= 11 is 0. The Morgan fingerprint density at radius 3 is 2.95 bits per heavy atom. The fourth-order valence-electron chi connectivity index (χ4n) is 2.52. The fraction of sp³-hybridized carbons (Fsp3) is 0.786. The van der Waals surface area contributed by atoms with Gasteiger partial charge >= 0.3 is 5.97 Å². The van der Waals surface area contributed by atoms with Gasteiger partial charge in [-0.1, -0.05) is 25.4 Å². The topological polar surface area (TPSA) is 68.5 Å². The summed E-state index contributed by atoms with van der Waals surface area (Å²) in [6.45, 7) is 5.65. The zero-order chi connectivity index (χ0) is 14.5. The van der Waals surface area contributed by atoms with E-state index in [4.69, 9.17) is 9.26 Å². The molecule has 1 aromatic rings. The number of carbonyl (C=O) groups is 1. The van der Waals surface area contributed by atoms with Gasteiger partial charge in [0.2, 0.25) is 5.89 Å². The zero-order valence-electron chi connectivity index (χ0n) is 12.5. The van der Waals surface area contributed by atoms with Gasteiger partial charge in [0.1, 0.15) is 0 Å². The van der Waals surface area contributed by atoms with Crippen molar-refractivity contribution in [2.24, 2.45) is 0 Å². The van der Waals surface area contributed by atoms with E-state index in [1.54, 1.807) is 0 Å². The van der Waals surface area contributed by atoms with E-state index in [2.05, 4.69) is 15.0 Å². The Hall–Kier alpha value is -1.43. The molecule has 0 aromatic carbocycles. The highest BCUT2D eigenvalue weighted by Gasteiger charge is 2.26. The third kappa shape index (κ3) is 3.79. The van der Waals surface area contributed by atoms with Gasteiger partial charge < -0.3 is 9.26 Å². The molecule has 1 unspecified atom stereocenters. The maximum atomic E-state index is 11.5. The standard InChI is InChI=1S/C14H23N3O3/c1-10(2)14-15-12(20-16-14)9-17-7-5-4-6-11(17)8-13(18)19-3/h10-11H,4-9H2,1-3H3. The van der Waals surface area contributed by atoms with Crippen LogP contribution in [0.2, 0.25) is 0 Å². The highest BCUT2D eigenvalue weighted by molar-refractivity contribution is 5.69. The lowest BCUT2D eigenvalue weighted by Gasteiger charge is -2.33. The number of esters is 1. The molecular weight excluding hydrogens is 258 g/mol. The Bertz CT molecular complexity index is 445. The molecule has 1 aliphatic rings. The van der Waals surface area contributed by atoms with Gasteiger partial charge in [-0.2, -0.15) is 4.98 Å². The summed E-state index contributed by atoms with van der Waals surface area (Å²) in [5, 5.41) is 3.98. The molecule has 6 heteroatoms. The lowest BCUT2D eigenvalue weighted by Crippen LogP contribution is -2.40. The molecule has 1 atom stereocenters. The first-order valence-electron chi connectivity index (χ1n) is 7.23. The van der Waals surface area contributed by atoms with E-state index in [0.717, 1.165) is 31.6 Å². The lowest BCUT2D eigenvalue weighted by atomic mass is 9.99. The van der Waals surface area contributed by atoms with Crippen LogP contribution in [0.25, 0.3) is 0 Å². The summed E-state index contributed by atoms with van der Waals surface area (Å²) < 4.78 is 10.1. The van der Waals surface area contributed by atoms with Crippen LogP contribution in [0.15, 0.2) is 4.52 Å². The number of likely N-dealkylation sites (tertiary alicyclic amines) is 1. The van der Waals surface area contributed by atoms with Crippen LogP contribution in [0.3, 0.4) is 0 Å². The fourth-order valence-corrected chi connectivity index (χ4v) is 2.52. The molecule has 0 saturated carbocycles. The van der Waals surface area contributed by atoms with Crippen LogP contribution >= 0.6 is 0 Å². The number of rotatable bonds is 5. The molecule has 0 spiro atoms. The van der Waals surface area contributed by atoms with Gasteiger partial charge in [-0.15, -0.1) is 0 Å². The van der Waals surface area contributed by atoms with Crippen molar-refractivity contribution >= 4 is 5.97 Å². The SMILES string of the molecule is COC(=O)CC1CCCCN1Cc1nc(C(C)C)no1. The molecule has 0 radical (unpaired) electrons. The predicted octanol–water partition coefficient (Wildman–Crippen LogP) is 2.11. The second kappa shape index (κ2) is 6.83. The van der Waals surface area contributed by atoms with Gasteiger partial charge in [0.05, 0.1) is 20.1 Å². The lowest BCUT2D eigenvalue weighted by molar-refractivity contribution is -0.142. The quantitative estimate of drug-likeness (QED) is 0.770. The molecule has 0 N–H and O–H groups in total. The monoisotopic (exact) mass is 281 g/mol. The zero-order valence-corrected chi connectivity index (χ0v) is 12.5. The van der Waals surface area contributed by atoms with Crippen molar-refractivity contribution in [1.29, 1.82) is 0 Å². The van der Waals surface area contributed by atoms with E-state index in [1.807, 2.05) is 13.8 Å². The number of hydrogen-bond donors (Lipinski definition) is 0. The van der Waals surface area contributed by atoms with Crippen molar-refractivity contribution in [3.05, 3.63) is 11.7 Å². The third-order valence-electron chi connectivity index (χ3n) is 3.72. The average molecular weight is 281 g/mol. The van der Waals surface area contributed by atoms with Gasteiger partial charge in [-0.3, -0.25) is 9.69 Å². The van der Waals surface area contributed by atoms with Crippen LogP contribution in [-0.4, -0.2) is 40.7 Å². The summed E-state index contributed by atoms with van der Waals surface area (Å²) in [7, 11) is 1.43. The summed E-state index contributed by atoms with van der Waals surface area (Å²) in [4.78, 5) is 18.1. The molecule has 1 fully saturated rings. The molecule has 20 heavy (non-hydrogen) atoms. The summed E-state index contributed by atoms with van der Waals surface area (Å²) in [6.07, 6.45) is 3.74. The van der Waals surface area contributed by atoms with Crippen molar-refractivity contribution < 1.29 is 14.1 Å². The number of methoxy groups -OCH3 is 1. The highest BCUT2D eigenvalue weighted by atomic mass is 16.5. The molecule has 2 heterocycles. The Morgan fingerprint density at radius 2 is 2.30 bits per heavy atom. The minimum absolute atomic E-state index is 0.157. The normalized spacial score (nSPS) is 20.3. The maximum absolute atomic E-state index is 11.5. The molecular formula is C14H23N3O3. The van der Waals surface area contributed by atoms with Crippen molar-refractivity contribution in [1.82, 2.24) is 15.0 Å². The van der Waals surface area contributed by atoms with Crippen LogP contribution < -0.4 is 0 Å². The number of hydrogen-bond acceptors (Lipinski definition) is 6. The van der Waals surface area contributed by atoms with Crippen LogP contribution in [0.1, 0.15) is 57.2 Å². The number of ether oxygens (including phenoxy) is 1. The van der Waals surface area contributed by atoms with Crippen molar-refractivity contribution in [2.45, 2.75) is 58.0 Å². The average Bonchev–Trinajstić information content (AvgIpc) is 2.89. The van der Waals surface area contributed by atoms with Gasteiger partial charge in [-0.05, 0) is 19.4 Å². The summed E-state index contributed by atoms with van der Waals surface area (Å²) in [5.74, 6) is 1.47. The van der Waals surface area contributed by atoms with E-state index in [9.17, 15) is 4.79 Å². The Balaban J connectivity index is 1.98. The molecule has 1 aromatic heterocycles. The number of piperidine rings is 1. The van der Waals surface area contributed by atoms with Crippen LogP contribution in [0.4, 0.5) is 0 Å². The van der Waals surface area contributed by atoms with E-state index in [-0.39, 0.29) is 17.9 Å². The van der Waals surface area contributed by atoms with Crippen LogP contribution in [0.5, 0.6) is 0 Å². The summed E-state index contributed by atoms with van der Waals surface area (Å²) in [5.41, 5.74) is 0. The minimum atomic E-state index is -0.157. The second-order valence-corrected chi connectivity index (χ2v) is 5.60. The molecule has 2 rings (SSSR count). The Labute approximate surface area is 119 Å². The molecule has 1 saturated heterocycles. The first-order valence-corrected chi connectivity index (χ1v) is 7.23.